The van der Waals surface area contributed by atoms with Gasteiger partial charge in [0.15, 0.2) is 0 Å². The lowest BCUT2D eigenvalue weighted by Crippen LogP contribution is -2.17. The Morgan fingerprint density at radius 1 is 1.29 bits per heavy atom. The monoisotopic (exact) mass is 291 g/mol. The number of pyridine rings is 1. The van der Waals surface area contributed by atoms with Gasteiger partial charge in [-0.15, -0.1) is 0 Å². The molecule has 1 aromatic heterocycles. The minimum Gasteiger partial charge on any atom is -0.385 e. The summed E-state index contributed by atoms with van der Waals surface area (Å²) < 4.78 is 27.1. The van der Waals surface area contributed by atoms with Gasteiger partial charge >= 0.3 is 0 Å². The van der Waals surface area contributed by atoms with Crippen LogP contribution in [-0.2, 0) is 0 Å². The maximum absolute atomic E-state index is 13.6. The molecule has 6 heteroatoms. The number of amides is 1. The van der Waals surface area contributed by atoms with Crippen LogP contribution in [0.4, 0.5) is 20.2 Å². The van der Waals surface area contributed by atoms with Gasteiger partial charge in [-0.3, -0.25) is 9.78 Å². The van der Waals surface area contributed by atoms with E-state index in [1.807, 2.05) is 6.92 Å². The number of hydrogen-bond donors (Lipinski definition) is 2. The predicted octanol–water partition coefficient (Wildman–Crippen LogP) is 3.35. The van der Waals surface area contributed by atoms with Crippen molar-refractivity contribution in [3.8, 4) is 0 Å². The Morgan fingerprint density at radius 2 is 1.95 bits per heavy atom. The normalized spacial score (nSPS) is 10.3. The molecule has 4 nitrogen and oxygen atoms in total. The van der Waals surface area contributed by atoms with Gasteiger partial charge in [-0.25, -0.2) is 8.78 Å². The summed E-state index contributed by atoms with van der Waals surface area (Å²) in [5, 5.41) is 5.27. The first-order chi connectivity index (χ1) is 10.0. The van der Waals surface area contributed by atoms with Crippen LogP contribution in [0.3, 0.4) is 0 Å². The van der Waals surface area contributed by atoms with E-state index in [0.29, 0.717) is 12.2 Å². The van der Waals surface area contributed by atoms with Crippen molar-refractivity contribution in [1.29, 1.82) is 0 Å². The van der Waals surface area contributed by atoms with E-state index >= 15 is 0 Å². The number of aromatic nitrogens is 1. The summed E-state index contributed by atoms with van der Waals surface area (Å²) in [5.74, 6) is -2.27. The number of aryl methyl sites for hydroxylation is 1. The number of halogens is 2. The summed E-state index contributed by atoms with van der Waals surface area (Å²) in [6.45, 7) is 4.28. The molecule has 0 unspecified atom stereocenters. The number of rotatable bonds is 4. The van der Waals surface area contributed by atoms with Crippen LogP contribution in [0.1, 0.15) is 23.0 Å². The largest absolute Gasteiger partial charge is 0.385 e. The molecule has 0 atom stereocenters. The molecule has 1 amide bonds. The molecule has 0 radical (unpaired) electrons. The third kappa shape index (κ3) is 3.34. The van der Waals surface area contributed by atoms with Crippen LogP contribution in [0.15, 0.2) is 30.5 Å². The lowest BCUT2D eigenvalue weighted by Gasteiger charge is -2.12. The van der Waals surface area contributed by atoms with Crippen molar-refractivity contribution < 1.29 is 13.6 Å². The molecule has 0 bridgehead atoms. The number of carbonyl (C=O) groups is 1. The average molecular weight is 291 g/mol. The molecule has 2 aromatic rings. The van der Waals surface area contributed by atoms with E-state index < -0.39 is 23.2 Å². The zero-order valence-electron chi connectivity index (χ0n) is 11.7. The van der Waals surface area contributed by atoms with Gasteiger partial charge in [0.05, 0.1) is 11.3 Å². The molecule has 1 aromatic carbocycles. The summed E-state index contributed by atoms with van der Waals surface area (Å²) in [5.41, 5.74) is 1.06. The highest BCUT2D eigenvalue weighted by Crippen LogP contribution is 2.21. The lowest BCUT2D eigenvalue weighted by atomic mass is 10.2. The van der Waals surface area contributed by atoms with Crippen LogP contribution in [0, 0.1) is 18.6 Å². The SMILES string of the molecule is CCNc1cc(C)ncc1C(=O)Nc1c(F)cccc1F. The Kier molecular flexibility index (Phi) is 4.47. The number of benzene rings is 1. The lowest BCUT2D eigenvalue weighted by molar-refractivity contribution is 0.102. The fourth-order valence-electron chi connectivity index (χ4n) is 1.88. The van der Waals surface area contributed by atoms with Gasteiger partial charge in [0.1, 0.15) is 17.3 Å². The molecule has 0 aliphatic heterocycles. The third-order valence-corrected chi connectivity index (χ3v) is 2.85. The highest BCUT2D eigenvalue weighted by molar-refractivity contribution is 6.08. The van der Waals surface area contributed by atoms with Gasteiger partial charge < -0.3 is 10.6 Å². The second-order valence-corrected chi connectivity index (χ2v) is 4.45. The predicted molar refractivity (Wildman–Crippen MR) is 77.4 cm³/mol. The molecule has 0 aliphatic rings. The number of nitrogens with one attached hydrogen (secondary N) is 2. The zero-order valence-corrected chi connectivity index (χ0v) is 11.7. The molecule has 0 spiro atoms. The van der Waals surface area contributed by atoms with Crippen molar-refractivity contribution in [3.05, 3.63) is 53.4 Å². The van der Waals surface area contributed by atoms with Gasteiger partial charge in [0.25, 0.3) is 5.91 Å². The number of carbonyl (C=O) groups excluding carboxylic acids is 1. The molecule has 110 valence electrons. The van der Waals surface area contributed by atoms with Gasteiger partial charge in [0, 0.05) is 18.4 Å². The topological polar surface area (TPSA) is 54.0 Å². The second-order valence-electron chi connectivity index (χ2n) is 4.45. The molecular formula is C15H15F2N3O. The minimum atomic E-state index is -0.826. The van der Waals surface area contributed by atoms with Gasteiger partial charge in [0.2, 0.25) is 0 Å². The average Bonchev–Trinajstić information content (AvgIpc) is 2.43. The van der Waals surface area contributed by atoms with E-state index in [1.54, 1.807) is 13.0 Å². The second kappa shape index (κ2) is 6.30. The van der Waals surface area contributed by atoms with Crippen molar-refractivity contribution in [1.82, 2.24) is 4.98 Å². The first kappa shape index (κ1) is 14.9. The Morgan fingerprint density at radius 3 is 2.57 bits per heavy atom. The van der Waals surface area contributed by atoms with Gasteiger partial charge in [-0.05, 0) is 32.0 Å². The highest BCUT2D eigenvalue weighted by Gasteiger charge is 2.16. The Balaban J connectivity index is 2.32. The molecule has 21 heavy (non-hydrogen) atoms. The van der Waals surface area contributed by atoms with Gasteiger partial charge in [-0.2, -0.15) is 0 Å². The number of para-hydroxylation sites is 1. The molecule has 2 N–H and O–H groups in total. The molecule has 0 aliphatic carbocycles. The Bertz CT molecular complexity index is 654. The summed E-state index contributed by atoms with van der Waals surface area (Å²) in [6, 6.07) is 5.10. The third-order valence-electron chi connectivity index (χ3n) is 2.85. The molecular weight excluding hydrogens is 276 g/mol. The fourth-order valence-corrected chi connectivity index (χ4v) is 1.88. The number of anilines is 2. The Hall–Kier alpha value is -2.50. The first-order valence-electron chi connectivity index (χ1n) is 6.48. The standard InChI is InChI=1S/C15H15F2N3O/c1-3-18-13-7-9(2)19-8-10(13)15(21)20-14-11(16)5-4-6-12(14)17/h4-8H,3H2,1-2H3,(H,18,19)(H,20,21). The van der Waals surface area contributed by atoms with Crippen LogP contribution < -0.4 is 10.6 Å². The summed E-state index contributed by atoms with van der Waals surface area (Å²) in [4.78, 5) is 16.2. The van der Waals surface area contributed by atoms with E-state index in [2.05, 4.69) is 15.6 Å². The molecule has 2 rings (SSSR count). The number of hydrogen-bond acceptors (Lipinski definition) is 3. The van der Waals surface area contributed by atoms with Crippen LogP contribution >= 0.6 is 0 Å². The van der Waals surface area contributed by atoms with Crippen LogP contribution in [0.25, 0.3) is 0 Å². The van der Waals surface area contributed by atoms with Crippen LogP contribution in [0.5, 0.6) is 0 Å². The van der Waals surface area contributed by atoms with Crippen LogP contribution in [0.2, 0.25) is 0 Å². The van der Waals surface area contributed by atoms with E-state index in [1.165, 1.54) is 12.3 Å². The maximum Gasteiger partial charge on any atom is 0.259 e. The van der Waals surface area contributed by atoms with Gasteiger partial charge in [-0.1, -0.05) is 6.07 Å². The highest BCUT2D eigenvalue weighted by atomic mass is 19.1. The smallest absolute Gasteiger partial charge is 0.259 e. The van der Waals surface area contributed by atoms with E-state index in [9.17, 15) is 13.6 Å². The summed E-state index contributed by atoms with van der Waals surface area (Å²) in [6.07, 6.45) is 1.38. The minimum absolute atomic E-state index is 0.227. The van der Waals surface area contributed by atoms with Crippen molar-refractivity contribution in [2.45, 2.75) is 13.8 Å². The molecule has 1 heterocycles. The van der Waals surface area contributed by atoms with E-state index in [4.69, 9.17) is 0 Å². The number of nitrogens with zero attached hydrogens (tertiary/aromatic N) is 1. The van der Waals surface area contributed by atoms with E-state index in [0.717, 1.165) is 17.8 Å². The molecule has 0 saturated heterocycles. The maximum atomic E-state index is 13.6. The van der Waals surface area contributed by atoms with Crippen molar-refractivity contribution in [2.24, 2.45) is 0 Å². The van der Waals surface area contributed by atoms with Crippen molar-refractivity contribution >= 4 is 17.3 Å². The zero-order chi connectivity index (χ0) is 15.4. The molecule has 0 fully saturated rings. The summed E-state index contributed by atoms with van der Waals surface area (Å²) >= 11 is 0. The molecule has 0 saturated carbocycles. The summed E-state index contributed by atoms with van der Waals surface area (Å²) in [7, 11) is 0. The van der Waals surface area contributed by atoms with Crippen LogP contribution in [-0.4, -0.2) is 17.4 Å². The quantitative estimate of drug-likeness (QED) is 0.908. The fraction of sp³-hybridized carbons (Fsp3) is 0.200. The van der Waals surface area contributed by atoms with Crippen molar-refractivity contribution in [2.75, 3.05) is 17.2 Å². The van der Waals surface area contributed by atoms with Crippen molar-refractivity contribution in [3.63, 3.8) is 0 Å². The first-order valence-corrected chi connectivity index (χ1v) is 6.48. The van der Waals surface area contributed by atoms with E-state index in [-0.39, 0.29) is 5.56 Å². The Labute approximate surface area is 121 Å².